The van der Waals surface area contributed by atoms with Crippen molar-refractivity contribution in [2.24, 2.45) is 35.5 Å². The van der Waals surface area contributed by atoms with Crippen LogP contribution in [0.1, 0.15) is 88.2 Å². The van der Waals surface area contributed by atoms with Crippen molar-refractivity contribution in [1.29, 1.82) is 0 Å². The van der Waals surface area contributed by atoms with Gasteiger partial charge in [-0.15, -0.1) is 29.3 Å². The summed E-state index contributed by atoms with van der Waals surface area (Å²) >= 11 is 0. The zero-order valence-electron chi connectivity index (χ0n) is 34.4. The standard InChI is InChI=1S/C49H53N2P2.C5H5.Fe/c1-3-11-40(12-4-1)43-25-42(32-52(45-15-7-9-17-50-45)46-16-8-10-18-51-46)44(47(43)41-13-5-2-6-14-41)33-53(48-26-34-19-35(27-48)21-36(20-34)28-48)49-29-37-22-38(30-49)24-39(23-37)31-49;1-2-4-5-3-1;/h1-18,25,34-39H,19-24,26-33H2;1-5H;/q2*-1;+2. The largest absolute Gasteiger partial charge is 2.00 e. The van der Waals surface area contributed by atoms with E-state index in [9.17, 15) is 0 Å². The first-order valence-corrected chi connectivity index (χ1v) is 25.6. The Hall–Kier alpha value is -3.18. The van der Waals surface area contributed by atoms with Crippen LogP contribution in [0.5, 0.6) is 0 Å². The molecule has 0 amide bonds. The molecule has 4 aromatic carbocycles. The second-order valence-electron chi connectivity index (χ2n) is 19.5. The smallest absolute Gasteiger partial charge is 0.256 e. The van der Waals surface area contributed by atoms with Crippen molar-refractivity contribution in [3.63, 3.8) is 0 Å². The summed E-state index contributed by atoms with van der Waals surface area (Å²) in [4.78, 5) is 10.1. The maximum atomic E-state index is 5.03. The van der Waals surface area contributed by atoms with E-state index in [4.69, 9.17) is 9.97 Å². The van der Waals surface area contributed by atoms with E-state index in [1.807, 2.05) is 42.7 Å². The predicted octanol–water partition coefficient (Wildman–Crippen LogP) is 13.5. The third-order valence-electron chi connectivity index (χ3n) is 15.6. The van der Waals surface area contributed by atoms with Crippen molar-refractivity contribution < 1.29 is 17.1 Å². The molecule has 0 atom stereocenters. The van der Waals surface area contributed by atoms with Crippen LogP contribution >= 0.6 is 15.8 Å². The molecule has 6 aromatic rings. The maximum Gasteiger partial charge on any atom is 2.00 e. The van der Waals surface area contributed by atoms with Crippen LogP contribution in [-0.4, -0.2) is 20.3 Å². The van der Waals surface area contributed by atoms with Crippen LogP contribution in [0.3, 0.4) is 0 Å². The van der Waals surface area contributed by atoms with Crippen LogP contribution in [0.25, 0.3) is 22.3 Å². The van der Waals surface area contributed by atoms with Gasteiger partial charge in [0.25, 0.3) is 0 Å². The first-order valence-electron chi connectivity index (χ1n) is 22.6. The molecule has 14 rings (SSSR count). The molecule has 2 heterocycles. The van der Waals surface area contributed by atoms with Crippen LogP contribution in [-0.2, 0) is 29.4 Å². The molecule has 0 saturated heterocycles. The van der Waals surface area contributed by atoms with E-state index in [-0.39, 0.29) is 25.0 Å². The molecule has 8 saturated carbocycles. The molecule has 0 unspecified atom stereocenters. The quantitative estimate of drug-likeness (QED) is 0.0779. The average Bonchev–Trinajstić information content (AvgIpc) is 3.95. The number of aromatic nitrogens is 2. The van der Waals surface area contributed by atoms with Crippen molar-refractivity contribution >= 4 is 26.7 Å². The summed E-state index contributed by atoms with van der Waals surface area (Å²) < 4.78 is 0. The van der Waals surface area contributed by atoms with Crippen LogP contribution in [0.2, 0.25) is 0 Å². The maximum absolute atomic E-state index is 5.03. The second kappa shape index (κ2) is 16.9. The van der Waals surface area contributed by atoms with E-state index < -0.39 is 7.92 Å². The number of pyridine rings is 2. The average molecular weight is 853 g/mol. The summed E-state index contributed by atoms with van der Waals surface area (Å²) in [6.07, 6.45) is 24.8. The molecule has 8 fully saturated rings. The minimum absolute atomic E-state index is 0. The topological polar surface area (TPSA) is 25.8 Å². The van der Waals surface area contributed by atoms with Gasteiger partial charge in [-0.1, -0.05) is 90.8 Å². The number of benzene rings is 2. The van der Waals surface area contributed by atoms with Crippen molar-refractivity contribution in [3.05, 3.63) is 157 Å². The van der Waals surface area contributed by atoms with E-state index >= 15 is 0 Å². The molecule has 8 aliphatic rings. The molecule has 0 radical (unpaired) electrons. The molecule has 8 aliphatic carbocycles. The Morgan fingerprint density at radius 1 is 0.542 bits per heavy atom. The minimum atomic E-state index is -0.774. The first-order chi connectivity index (χ1) is 28.6. The van der Waals surface area contributed by atoms with Crippen molar-refractivity contribution in [2.75, 3.05) is 0 Å². The predicted molar refractivity (Wildman–Crippen MR) is 246 cm³/mol. The minimum Gasteiger partial charge on any atom is -0.256 e. The van der Waals surface area contributed by atoms with Gasteiger partial charge >= 0.3 is 17.1 Å². The van der Waals surface area contributed by atoms with Crippen molar-refractivity contribution in [3.8, 4) is 22.3 Å². The van der Waals surface area contributed by atoms with Gasteiger partial charge in [0.1, 0.15) is 0 Å². The summed E-state index contributed by atoms with van der Waals surface area (Å²) in [6, 6.07) is 48.6. The Morgan fingerprint density at radius 2 is 1.00 bits per heavy atom. The molecular weight excluding hydrogens is 794 g/mol. The molecule has 2 aromatic heterocycles. The second-order valence-corrected chi connectivity index (χ2v) is 24.6. The van der Waals surface area contributed by atoms with Gasteiger partial charge in [-0.05, 0) is 167 Å². The third kappa shape index (κ3) is 7.82. The van der Waals surface area contributed by atoms with E-state index in [2.05, 4.69) is 103 Å². The van der Waals surface area contributed by atoms with Gasteiger partial charge in [-0.25, -0.2) is 12.1 Å². The van der Waals surface area contributed by atoms with Crippen LogP contribution in [0.15, 0.2) is 146 Å². The van der Waals surface area contributed by atoms with Crippen molar-refractivity contribution in [2.45, 2.75) is 99.7 Å². The SMILES string of the molecule is [Fe+2].c1cc[cH-]c1.c1ccc(-c2cc(CP(c3ccccn3)c3ccccn3)c(CP(C34CC5CC(CC(C5)C3)C4)C34CC5CC(CC(C5)C3)C4)[c-]2-c2ccccc2)cc1. The summed E-state index contributed by atoms with van der Waals surface area (Å²) in [6.45, 7) is 0. The molecule has 0 N–H and O–H groups in total. The molecule has 2 nitrogen and oxygen atoms in total. The Kier molecular flexibility index (Phi) is 11.5. The molecule has 0 aliphatic heterocycles. The fourth-order valence-electron chi connectivity index (χ4n) is 14.3. The monoisotopic (exact) mass is 852 g/mol. The molecule has 8 bridgehead atoms. The Bertz CT molecular complexity index is 2100. The molecule has 302 valence electrons. The summed E-state index contributed by atoms with van der Waals surface area (Å²) in [5, 5.41) is 1.16. The van der Waals surface area contributed by atoms with Gasteiger partial charge in [0.2, 0.25) is 0 Å². The molecule has 59 heavy (non-hydrogen) atoms. The summed E-state index contributed by atoms with van der Waals surface area (Å²) in [5.41, 5.74) is 11.4. The fourth-order valence-corrected chi connectivity index (χ4v) is 21.7. The van der Waals surface area contributed by atoms with Crippen molar-refractivity contribution in [1.82, 2.24) is 9.97 Å². The van der Waals surface area contributed by atoms with Gasteiger partial charge in [0.15, 0.2) is 0 Å². The van der Waals surface area contributed by atoms with E-state index in [0.29, 0.717) is 10.3 Å². The van der Waals surface area contributed by atoms with Gasteiger partial charge in [0.05, 0.1) is 10.9 Å². The number of hydrogen-bond donors (Lipinski definition) is 0. The van der Waals surface area contributed by atoms with Gasteiger partial charge < -0.3 is 0 Å². The van der Waals surface area contributed by atoms with E-state index in [0.717, 1.165) is 41.7 Å². The van der Waals surface area contributed by atoms with Crippen LogP contribution < -0.4 is 10.9 Å². The van der Waals surface area contributed by atoms with E-state index in [1.165, 1.54) is 77.8 Å². The molecular formula is C54H58FeN2P2. The molecule has 0 spiro atoms. The Labute approximate surface area is 366 Å². The summed E-state index contributed by atoms with van der Waals surface area (Å²) in [7, 11) is -0.995. The Balaban J connectivity index is 0.000000655. The third-order valence-corrected chi connectivity index (χ3v) is 21.9. The van der Waals surface area contributed by atoms with Crippen LogP contribution in [0, 0.1) is 35.5 Å². The van der Waals surface area contributed by atoms with Gasteiger partial charge in [0, 0.05) is 12.4 Å². The number of nitrogens with zero attached hydrogens (tertiary/aromatic N) is 2. The fraction of sp³-hybridized carbons (Fsp3) is 0.407. The molecule has 5 heteroatoms. The summed E-state index contributed by atoms with van der Waals surface area (Å²) in [5.74, 6) is 5.97. The van der Waals surface area contributed by atoms with Crippen LogP contribution in [0.4, 0.5) is 0 Å². The number of rotatable bonds is 10. The van der Waals surface area contributed by atoms with E-state index in [1.54, 1.807) is 49.7 Å². The zero-order chi connectivity index (χ0) is 38.5. The number of hydrogen-bond acceptors (Lipinski definition) is 2. The van der Waals surface area contributed by atoms with Gasteiger partial charge in [-0.2, -0.15) is 18.2 Å². The van der Waals surface area contributed by atoms with Gasteiger partial charge in [-0.3, -0.25) is 9.97 Å². The normalized spacial score (nSPS) is 30.1. The Morgan fingerprint density at radius 3 is 1.42 bits per heavy atom. The zero-order valence-corrected chi connectivity index (χ0v) is 37.3. The first kappa shape index (κ1) is 39.9.